The lowest BCUT2D eigenvalue weighted by Crippen LogP contribution is -2.34. The van der Waals surface area contributed by atoms with Crippen molar-refractivity contribution in [2.24, 2.45) is 0 Å². The van der Waals surface area contributed by atoms with Crippen LogP contribution >= 0.6 is 0 Å². The molecule has 1 heterocycles. The Morgan fingerprint density at radius 1 is 1.24 bits per heavy atom. The van der Waals surface area contributed by atoms with Gasteiger partial charge in [-0.25, -0.2) is 8.42 Å². The Bertz CT molecular complexity index is 284. The van der Waals surface area contributed by atoms with Gasteiger partial charge in [-0.1, -0.05) is 13.3 Å². The van der Waals surface area contributed by atoms with Crippen LogP contribution < -0.4 is 5.32 Å². The van der Waals surface area contributed by atoms with Crippen molar-refractivity contribution in [3.63, 3.8) is 0 Å². The molecule has 1 saturated heterocycles. The van der Waals surface area contributed by atoms with Gasteiger partial charge in [-0.05, 0) is 32.2 Å². The normalized spacial score (nSPS) is 21.6. The van der Waals surface area contributed by atoms with Crippen molar-refractivity contribution < 1.29 is 13.2 Å². The molecule has 1 atom stereocenters. The number of hydrogen-bond acceptors (Lipinski definition) is 4. The smallest absolute Gasteiger partial charge is 0.152 e. The predicted molar refractivity (Wildman–Crippen MR) is 70.0 cm³/mol. The van der Waals surface area contributed by atoms with E-state index >= 15 is 0 Å². The highest BCUT2D eigenvalue weighted by atomic mass is 32.2. The molecule has 17 heavy (non-hydrogen) atoms. The van der Waals surface area contributed by atoms with E-state index in [-0.39, 0.29) is 11.5 Å². The van der Waals surface area contributed by atoms with E-state index in [1.54, 1.807) is 0 Å². The molecule has 4 nitrogen and oxygen atoms in total. The summed E-state index contributed by atoms with van der Waals surface area (Å²) < 4.78 is 28.2. The highest BCUT2D eigenvalue weighted by Gasteiger charge is 2.12. The molecule has 0 aromatic heterocycles. The summed E-state index contributed by atoms with van der Waals surface area (Å²) in [6, 6.07) is 0.566. The molecule has 1 rings (SSSR count). The Hall–Kier alpha value is -0.130. The second-order valence-corrected chi connectivity index (χ2v) is 7.00. The van der Waals surface area contributed by atoms with E-state index in [0.717, 1.165) is 13.0 Å². The van der Waals surface area contributed by atoms with E-state index in [1.165, 1.54) is 19.3 Å². The molecule has 1 fully saturated rings. The van der Waals surface area contributed by atoms with E-state index in [9.17, 15) is 8.42 Å². The first-order valence-electron chi connectivity index (χ1n) is 6.65. The summed E-state index contributed by atoms with van der Waals surface area (Å²) in [6.45, 7) is 4.00. The largest absolute Gasteiger partial charge is 0.380 e. The van der Waals surface area contributed by atoms with Gasteiger partial charge in [0.05, 0.1) is 12.4 Å². The summed E-state index contributed by atoms with van der Waals surface area (Å²) >= 11 is 0. The highest BCUT2D eigenvalue weighted by molar-refractivity contribution is 7.91. The first-order chi connectivity index (χ1) is 8.14. The van der Waals surface area contributed by atoms with Gasteiger partial charge in [0.25, 0.3) is 0 Å². The monoisotopic (exact) mass is 263 g/mol. The number of sulfone groups is 1. The Balaban J connectivity index is 2.00. The van der Waals surface area contributed by atoms with E-state index in [4.69, 9.17) is 4.74 Å². The summed E-state index contributed by atoms with van der Waals surface area (Å²) in [5.41, 5.74) is 0. The third kappa shape index (κ3) is 7.01. The molecule has 0 amide bonds. The maximum absolute atomic E-state index is 11.4. The lowest BCUT2D eigenvalue weighted by molar-refractivity contribution is 0.134. The van der Waals surface area contributed by atoms with Crippen molar-refractivity contribution in [2.45, 2.75) is 45.1 Å². The van der Waals surface area contributed by atoms with E-state index in [0.29, 0.717) is 25.7 Å². The topological polar surface area (TPSA) is 55.4 Å². The average molecular weight is 263 g/mol. The second-order valence-electron chi connectivity index (χ2n) is 4.70. The summed E-state index contributed by atoms with van der Waals surface area (Å²) in [5.74, 6) is 0.444. The zero-order valence-electron chi connectivity index (χ0n) is 10.8. The molecular weight excluding hydrogens is 238 g/mol. The molecule has 0 aromatic rings. The van der Waals surface area contributed by atoms with Crippen LogP contribution in [0.3, 0.4) is 0 Å². The van der Waals surface area contributed by atoms with Crippen LogP contribution in [0.15, 0.2) is 0 Å². The SMILES string of the molecule is CCCS(=O)(=O)CCOCCC1CCCCN1. The number of ether oxygens (including phenoxy) is 1. The second kappa shape index (κ2) is 8.06. The summed E-state index contributed by atoms with van der Waals surface area (Å²) in [5, 5.41) is 3.45. The van der Waals surface area contributed by atoms with Gasteiger partial charge >= 0.3 is 0 Å². The quantitative estimate of drug-likeness (QED) is 0.672. The van der Waals surface area contributed by atoms with Crippen LogP contribution in [-0.2, 0) is 14.6 Å². The zero-order chi connectivity index (χ0) is 12.6. The van der Waals surface area contributed by atoms with Crippen molar-refractivity contribution in [1.29, 1.82) is 0 Å². The first kappa shape index (κ1) is 14.9. The van der Waals surface area contributed by atoms with Crippen LogP contribution in [0, 0.1) is 0 Å². The van der Waals surface area contributed by atoms with Gasteiger partial charge in [0, 0.05) is 18.4 Å². The number of hydrogen-bond donors (Lipinski definition) is 1. The van der Waals surface area contributed by atoms with Gasteiger partial charge in [-0.2, -0.15) is 0 Å². The Labute approximate surface area is 105 Å². The molecular formula is C12H25NO3S. The maximum atomic E-state index is 11.4. The van der Waals surface area contributed by atoms with Crippen LogP contribution in [0.1, 0.15) is 39.0 Å². The molecule has 0 bridgehead atoms. The van der Waals surface area contributed by atoms with Gasteiger partial charge in [0.2, 0.25) is 0 Å². The predicted octanol–water partition coefficient (Wildman–Crippen LogP) is 1.36. The molecule has 1 N–H and O–H groups in total. The molecule has 0 aliphatic carbocycles. The Kier molecular flexibility index (Phi) is 7.08. The first-order valence-corrected chi connectivity index (χ1v) is 8.48. The van der Waals surface area contributed by atoms with Gasteiger partial charge in [-0.15, -0.1) is 0 Å². The van der Waals surface area contributed by atoms with E-state index < -0.39 is 9.84 Å². The van der Waals surface area contributed by atoms with Crippen LogP contribution in [0.2, 0.25) is 0 Å². The van der Waals surface area contributed by atoms with E-state index in [2.05, 4.69) is 5.32 Å². The average Bonchev–Trinajstić information content (AvgIpc) is 2.30. The minimum absolute atomic E-state index is 0.166. The van der Waals surface area contributed by atoms with Gasteiger partial charge in [0.15, 0.2) is 9.84 Å². The highest BCUT2D eigenvalue weighted by Crippen LogP contribution is 2.09. The standard InChI is InChI=1S/C12H25NO3S/c1-2-10-17(14,15)11-9-16-8-6-12-5-3-4-7-13-12/h12-13H,2-11H2,1H3. The van der Waals surface area contributed by atoms with Crippen LogP contribution in [-0.4, -0.2) is 45.7 Å². The lowest BCUT2D eigenvalue weighted by atomic mass is 10.0. The van der Waals surface area contributed by atoms with Crippen molar-refractivity contribution >= 4 is 9.84 Å². The molecule has 102 valence electrons. The molecule has 0 saturated carbocycles. The van der Waals surface area contributed by atoms with Crippen LogP contribution in [0.4, 0.5) is 0 Å². The van der Waals surface area contributed by atoms with Crippen LogP contribution in [0.5, 0.6) is 0 Å². The fourth-order valence-corrected chi connectivity index (χ4v) is 3.29. The number of piperidine rings is 1. The molecule has 1 aliphatic heterocycles. The Morgan fingerprint density at radius 3 is 2.71 bits per heavy atom. The van der Waals surface area contributed by atoms with Crippen molar-refractivity contribution in [3.8, 4) is 0 Å². The number of rotatable bonds is 8. The van der Waals surface area contributed by atoms with Gasteiger partial charge in [-0.3, -0.25) is 0 Å². The minimum Gasteiger partial charge on any atom is -0.380 e. The molecule has 5 heteroatoms. The van der Waals surface area contributed by atoms with E-state index in [1.807, 2.05) is 6.92 Å². The fraction of sp³-hybridized carbons (Fsp3) is 1.00. The third-order valence-electron chi connectivity index (χ3n) is 3.08. The molecule has 0 aromatic carbocycles. The minimum atomic E-state index is -2.88. The summed E-state index contributed by atoms with van der Waals surface area (Å²) in [4.78, 5) is 0. The lowest BCUT2D eigenvalue weighted by Gasteiger charge is -2.23. The molecule has 1 unspecified atom stereocenters. The molecule has 0 spiro atoms. The Morgan fingerprint density at radius 2 is 2.06 bits per heavy atom. The third-order valence-corrected chi connectivity index (χ3v) is 4.90. The van der Waals surface area contributed by atoms with Crippen molar-refractivity contribution in [3.05, 3.63) is 0 Å². The zero-order valence-corrected chi connectivity index (χ0v) is 11.6. The number of nitrogens with one attached hydrogen (secondary N) is 1. The fourth-order valence-electron chi connectivity index (χ4n) is 2.10. The summed E-state index contributed by atoms with van der Waals surface area (Å²) in [7, 11) is -2.88. The van der Waals surface area contributed by atoms with Crippen molar-refractivity contribution in [1.82, 2.24) is 5.32 Å². The van der Waals surface area contributed by atoms with Crippen LogP contribution in [0.25, 0.3) is 0 Å². The molecule has 0 radical (unpaired) electrons. The molecule has 1 aliphatic rings. The van der Waals surface area contributed by atoms with Crippen molar-refractivity contribution in [2.75, 3.05) is 31.3 Å². The van der Waals surface area contributed by atoms with Gasteiger partial charge in [0.1, 0.15) is 0 Å². The summed E-state index contributed by atoms with van der Waals surface area (Å²) in [6.07, 6.45) is 5.47. The van der Waals surface area contributed by atoms with Gasteiger partial charge < -0.3 is 10.1 Å². The maximum Gasteiger partial charge on any atom is 0.152 e.